The van der Waals surface area contributed by atoms with Crippen molar-refractivity contribution in [3.8, 4) is 6.07 Å². The molecule has 0 radical (unpaired) electrons. The molecule has 174 valence electrons. The lowest BCUT2D eigenvalue weighted by molar-refractivity contribution is -0.112. The van der Waals surface area contributed by atoms with Gasteiger partial charge in [0.15, 0.2) is 5.09 Å². The number of hydrogen-bond donors (Lipinski definition) is 1. The Morgan fingerprint density at radius 3 is 2.71 bits per heavy atom. The van der Waals surface area contributed by atoms with E-state index in [1.165, 1.54) is 34.7 Å². The first-order valence-electron chi connectivity index (χ1n) is 11.1. The minimum Gasteiger partial charge on any atom is -0.462 e. The Hall–Kier alpha value is -3.28. The number of furan rings is 1. The molecule has 0 saturated carbocycles. The monoisotopic (exact) mass is 492 g/mol. The molecular weight excluding hydrogens is 468 g/mol. The van der Waals surface area contributed by atoms with E-state index in [-0.39, 0.29) is 12.2 Å². The van der Waals surface area contributed by atoms with Gasteiger partial charge in [-0.2, -0.15) is 5.26 Å². The SMILES string of the molecule is CCOC(=O)c1c(NC(=O)/C(C#N)=C/c2ccc(Sc3ccc(C)cc3)o2)sc2c1CCCC2. The van der Waals surface area contributed by atoms with Crippen molar-refractivity contribution in [1.29, 1.82) is 5.26 Å². The van der Waals surface area contributed by atoms with Gasteiger partial charge in [-0.3, -0.25) is 4.79 Å². The van der Waals surface area contributed by atoms with Crippen molar-refractivity contribution in [2.24, 2.45) is 0 Å². The second-order valence-corrected chi connectivity index (χ2v) is 10.0. The average molecular weight is 493 g/mol. The molecule has 1 N–H and O–H groups in total. The van der Waals surface area contributed by atoms with E-state index >= 15 is 0 Å². The van der Waals surface area contributed by atoms with Crippen molar-refractivity contribution in [2.75, 3.05) is 11.9 Å². The van der Waals surface area contributed by atoms with Crippen molar-refractivity contribution >= 4 is 46.1 Å². The highest BCUT2D eigenvalue weighted by molar-refractivity contribution is 7.99. The fourth-order valence-electron chi connectivity index (χ4n) is 3.72. The first-order valence-corrected chi connectivity index (χ1v) is 12.7. The minimum absolute atomic E-state index is 0.109. The number of aryl methyl sites for hydroxylation is 2. The summed E-state index contributed by atoms with van der Waals surface area (Å²) in [5.41, 5.74) is 2.44. The molecule has 34 heavy (non-hydrogen) atoms. The summed E-state index contributed by atoms with van der Waals surface area (Å²) >= 11 is 2.85. The molecule has 1 amide bonds. The van der Waals surface area contributed by atoms with E-state index < -0.39 is 11.9 Å². The molecule has 2 aromatic heterocycles. The number of hydrogen-bond acceptors (Lipinski definition) is 7. The van der Waals surface area contributed by atoms with Crippen LogP contribution in [0.25, 0.3) is 6.08 Å². The molecule has 0 aliphatic heterocycles. The van der Waals surface area contributed by atoms with Crippen molar-refractivity contribution in [1.82, 2.24) is 0 Å². The molecule has 0 saturated heterocycles. The van der Waals surface area contributed by atoms with Gasteiger partial charge in [0.05, 0.1) is 12.2 Å². The molecule has 0 fully saturated rings. The van der Waals surface area contributed by atoms with Crippen LogP contribution in [-0.4, -0.2) is 18.5 Å². The number of carbonyl (C=O) groups is 2. The zero-order valence-corrected chi connectivity index (χ0v) is 20.6. The number of thiophene rings is 1. The average Bonchev–Trinajstić information content (AvgIpc) is 3.42. The Labute approximate surface area is 206 Å². The van der Waals surface area contributed by atoms with Gasteiger partial charge in [-0.15, -0.1) is 11.3 Å². The third-order valence-electron chi connectivity index (χ3n) is 5.37. The summed E-state index contributed by atoms with van der Waals surface area (Å²) in [6, 6.07) is 13.5. The van der Waals surface area contributed by atoms with E-state index in [9.17, 15) is 14.9 Å². The van der Waals surface area contributed by atoms with Crippen molar-refractivity contribution < 1.29 is 18.7 Å². The molecule has 0 spiro atoms. The number of carbonyl (C=O) groups excluding carboxylic acids is 2. The Bertz CT molecular complexity index is 1280. The fraction of sp³-hybridized carbons (Fsp3) is 0.269. The van der Waals surface area contributed by atoms with E-state index in [0.717, 1.165) is 41.0 Å². The maximum atomic E-state index is 12.9. The van der Waals surface area contributed by atoms with Gasteiger partial charge in [-0.1, -0.05) is 29.5 Å². The lowest BCUT2D eigenvalue weighted by Gasteiger charge is -2.12. The summed E-state index contributed by atoms with van der Waals surface area (Å²) in [6.07, 6.45) is 5.11. The lowest BCUT2D eigenvalue weighted by Crippen LogP contribution is -2.16. The number of esters is 1. The van der Waals surface area contributed by atoms with Crippen LogP contribution in [0, 0.1) is 18.3 Å². The smallest absolute Gasteiger partial charge is 0.341 e. The van der Waals surface area contributed by atoms with Gasteiger partial charge in [0.1, 0.15) is 22.4 Å². The predicted octanol–water partition coefficient (Wildman–Crippen LogP) is 6.40. The van der Waals surface area contributed by atoms with Crippen LogP contribution in [0.2, 0.25) is 0 Å². The maximum Gasteiger partial charge on any atom is 0.341 e. The molecule has 3 aromatic rings. The first kappa shape index (κ1) is 23.9. The number of amides is 1. The second-order valence-electron chi connectivity index (χ2n) is 7.83. The number of anilines is 1. The van der Waals surface area contributed by atoms with Crippen LogP contribution in [0.5, 0.6) is 0 Å². The minimum atomic E-state index is -0.587. The first-order chi connectivity index (χ1) is 16.5. The number of ether oxygens (including phenoxy) is 1. The summed E-state index contributed by atoms with van der Waals surface area (Å²) in [6.45, 7) is 4.03. The van der Waals surface area contributed by atoms with Gasteiger partial charge >= 0.3 is 5.97 Å². The Morgan fingerprint density at radius 1 is 1.21 bits per heavy atom. The predicted molar refractivity (Wildman–Crippen MR) is 133 cm³/mol. The van der Waals surface area contributed by atoms with Crippen molar-refractivity contribution in [3.05, 3.63) is 69.3 Å². The summed E-state index contributed by atoms with van der Waals surface area (Å²) in [4.78, 5) is 27.7. The van der Waals surface area contributed by atoms with Crippen LogP contribution >= 0.6 is 23.1 Å². The normalized spacial score (nSPS) is 13.1. The zero-order chi connectivity index (χ0) is 24.1. The topological polar surface area (TPSA) is 92.3 Å². The van der Waals surface area contributed by atoms with Crippen LogP contribution in [0.15, 0.2) is 56.4 Å². The van der Waals surface area contributed by atoms with E-state index in [1.807, 2.05) is 37.3 Å². The number of rotatable bonds is 7. The molecular formula is C26H24N2O4S2. The molecule has 0 atom stereocenters. The van der Waals surface area contributed by atoms with Gasteiger partial charge in [-0.05, 0) is 69.4 Å². The third-order valence-corrected chi connectivity index (χ3v) is 7.51. The van der Waals surface area contributed by atoms with Gasteiger partial charge in [0, 0.05) is 15.8 Å². The molecule has 1 aliphatic rings. The van der Waals surface area contributed by atoms with Gasteiger partial charge in [0.25, 0.3) is 5.91 Å². The van der Waals surface area contributed by atoms with E-state index in [2.05, 4.69) is 5.32 Å². The van der Waals surface area contributed by atoms with Gasteiger partial charge < -0.3 is 14.5 Å². The Morgan fingerprint density at radius 2 is 1.97 bits per heavy atom. The van der Waals surface area contributed by atoms with Crippen LogP contribution < -0.4 is 5.32 Å². The fourth-order valence-corrected chi connectivity index (χ4v) is 5.77. The number of fused-ring (bicyclic) bond motifs is 1. The largest absolute Gasteiger partial charge is 0.462 e. The zero-order valence-electron chi connectivity index (χ0n) is 19.0. The highest BCUT2D eigenvalue weighted by Crippen LogP contribution is 2.39. The van der Waals surface area contributed by atoms with Crippen LogP contribution in [0.3, 0.4) is 0 Å². The summed E-state index contributed by atoms with van der Waals surface area (Å²) in [7, 11) is 0. The molecule has 2 heterocycles. The van der Waals surface area contributed by atoms with Gasteiger partial charge in [0.2, 0.25) is 0 Å². The lowest BCUT2D eigenvalue weighted by atomic mass is 9.95. The van der Waals surface area contributed by atoms with Gasteiger partial charge in [-0.25, -0.2) is 4.79 Å². The molecule has 4 rings (SSSR count). The van der Waals surface area contributed by atoms with E-state index in [4.69, 9.17) is 9.15 Å². The summed E-state index contributed by atoms with van der Waals surface area (Å²) < 4.78 is 11.0. The molecule has 1 aromatic carbocycles. The molecule has 0 unspecified atom stereocenters. The Kier molecular flexibility index (Phi) is 7.56. The van der Waals surface area contributed by atoms with Crippen molar-refractivity contribution in [3.63, 3.8) is 0 Å². The van der Waals surface area contributed by atoms with Crippen LogP contribution in [0.4, 0.5) is 5.00 Å². The maximum absolute atomic E-state index is 12.9. The standard InChI is InChI=1S/C26H24N2O4S2/c1-3-31-26(30)23-20-6-4-5-7-21(20)34-25(23)28-24(29)17(15-27)14-18-10-13-22(32-18)33-19-11-8-16(2)9-12-19/h8-14H,3-7H2,1-2H3,(H,28,29)/b17-14+. The number of nitrogens with zero attached hydrogens (tertiary/aromatic N) is 1. The number of benzene rings is 1. The third kappa shape index (κ3) is 5.44. The summed E-state index contributed by atoms with van der Waals surface area (Å²) in [5, 5.41) is 13.5. The number of nitrogens with one attached hydrogen (secondary N) is 1. The van der Waals surface area contributed by atoms with Crippen molar-refractivity contribution in [2.45, 2.75) is 49.5 Å². The Balaban J connectivity index is 1.53. The van der Waals surface area contributed by atoms with Crippen LogP contribution in [-0.2, 0) is 22.4 Å². The second kappa shape index (κ2) is 10.8. The highest BCUT2D eigenvalue weighted by atomic mass is 32.2. The molecule has 6 nitrogen and oxygen atoms in total. The van der Waals surface area contributed by atoms with Crippen LogP contribution in [0.1, 0.15) is 51.9 Å². The quantitative estimate of drug-likeness (QED) is 0.233. The molecule has 1 aliphatic carbocycles. The molecule has 0 bridgehead atoms. The highest BCUT2D eigenvalue weighted by Gasteiger charge is 2.27. The van der Waals surface area contributed by atoms with E-state index in [0.29, 0.717) is 21.4 Å². The summed E-state index contributed by atoms with van der Waals surface area (Å²) in [5.74, 6) is -0.628. The molecule has 8 heteroatoms. The van der Waals surface area contributed by atoms with E-state index in [1.54, 1.807) is 19.1 Å². The number of nitriles is 1.